The number of primary sulfonamides is 1. The number of nitrogens with two attached hydrogens (primary N) is 1. The van der Waals surface area contributed by atoms with Gasteiger partial charge in [0, 0.05) is 24.8 Å². The van der Waals surface area contributed by atoms with Crippen molar-refractivity contribution in [1.82, 2.24) is 19.9 Å². The number of aromatic amines is 1. The molecule has 15 heavy (non-hydrogen) atoms. The normalized spacial score (nSPS) is 10.2. The van der Waals surface area contributed by atoms with Crippen LogP contribution in [0, 0.1) is 0 Å². The van der Waals surface area contributed by atoms with Gasteiger partial charge in [-0.1, -0.05) is 0 Å². The Balaban J connectivity index is 0.000000187. The molecular formula is C7H9N5O2S. The molecule has 3 N–H and O–H groups in total. The first kappa shape index (κ1) is 11.3. The van der Waals surface area contributed by atoms with Crippen LogP contribution in [0.4, 0.5) is 0 Å². The summed E-state index contributed by atoms with van der Waals surface area (Å²) in [5.41, 5.74) is 0. The SMILES string of the molecule is NS(=O)(=O)c1ncccn1.c1c[nH]cn1. The number of hydrogen-bond donors (Lipinski definition) is 2. The number of sulfonamides is 1. The van der Waals surface area contributed by atoms with Crippen LogP contribution >= 0.6 is 0 Å². The largest absolute Gasteiger partial charge is 0.351 e. The maximum atomic E-state index is 10.5. The summed E-state index contributed by atoms with van der Waals surface area (Å²) in [7, 11) is -3.73. The average molecular weight is 227 g/mol. The second-order valence-electron chi connectivity index (χ2n) is 2.34. The van der Waals surface area contributed by atoms with Gasteiger partial charge in [0.15, 0.2) is 0 Å². The second kappa shape index (κ2) is 5.17. The first-order valence-electron chi connectivity index (χ1n) is 3.83. The molecule has 8 heteroatoms. The summed E-state index contributed by atoms with van der Waals surface area (Å²) < 4.78 is 21.0. The minimum atomic E-state index is -3.73. The quantitative estimate of drug-likeness (QED) is 0.639. The number of rotatable bonds is 1. The van der Waals surface area contributed by atoms with Gasteiger partial charge >= 0.3 is 0 Å². The Bertz CT molecular complexity index is 450. The maximum Gasteiger partial charge on any atom is 0.273 e. The van der Waals surface area contributed by atoms with Gasteiger partial charge in [-0.3, -0.25) is 0 Å². The molecule has 0 amide bonds. The summed E-state index contributed by atoms with van der Waals surface area (Å²) in [5.74, 6) is 0. The highest BCUT2D eigenvalue weighted by molar-refractivity contribution is 7.89. The lowest BCUT2D eigenvalue weighted by molar-refractivity contribution is 0.588. The van der Waals surface area contributed by atoms with Gasteiger partial charge in [0.2, 0.25) is 0 Å². The Hall–Kier alpha value is -1.80. The lowest BCUT2D eigenvalue weighted by Crippen LogP contribution is -2.15. The molecule has 0 fully saturated rings. The highest BCUT2D eigenvalue weighted by atomic mass is 32.2. The topological polar surface area (TPSA) is 115 Å². The first-order valence-corrected chi connectivity index (χ1v) is 5.38. The molecule has 0 aliphatic carbocycles. The van der Waals surface area contributed by atoms with Crippen LogP contribution in [0.25, 0.3) is 0 Å². The van der Waals surface area contributed by atoms with Crippen molar-refractivity contribution >= 4 is 10.0 Å². The van der Waals surface area contributed by atoms with Crippen LogP contribution in [-0.4, -0.2) is 28.4 Å². The van der Waals surface area contributed by atoms with E-state index < -0.39 is 10.0 Å². The molecule has 2 aromatic heterocycles. The summed E-state index contributed by atoms with van der Waals surface area (Å²) in [6, 6.07) is 1.51. The van der Waals surface area contributed by atoms with Crippen LogP contribution in [-0.2, 0) is 10.0 Å². The van der Waals surface area contributed by atoms with Crippen molar-refractivity contribution in [3.05, 3.63) is 37.2 Å². The third kappa shape index (κ3) is 4.29. The van der Waals surface area contributed by atoms with E-state index in [0.717, 1.165) is 0 Å². The fourth-order valence-electron chi connectivity index (χ4n) is 0.648. The molecule has 0 saturated carbocycles. The second-order valence-corrected chi connectivity index (χ2v) is 3.79. The van der Waals surface area contributed by atoms with Crippen LogP contribution in [0.2, 0.25) is 0 Å². The number of nitrogens with one attached hydrogen (secondary N) is 1. The minimum Gasteiger partial charge on any atom is -0.351 e. The van der Waals surface area contributed by atoms with E-state index in [0.29, 0.717) is 0 Å². The van der Waals surface area contributed by atoms with Crippen LogP contribution in [0.3, 0.4) is 0 Å². The smallest absolute Gasteiger partial charge is 0.273 e. The lowest BCUT2D eigenvalue weighted by atomic mass is 10.7. The van der Waals surface area contributed by atoms with Crippen LogP contribution < -0.4 is 5.14 Å². The van der Waals surface area contributed by atoms with Crippen molar-refractivity contribution in [2.45, 2.75) is 5.16 Å². The number of hydrogen-bond acceptors (Lipinski definition) is 5. The van der Waals surface area contributed by atoms with Crippen molar-refractivity contribution in [2.75, 3.05) is 0 Å². The van der Waals surface area contributed by atoms with E-state index in [-0.39, 0.29) is 5.16 Å². The molecule has 2 heterocycles. The molecule has 7 nitrogen and oxygen atoms in total. The van der Waals surface area contributed by atoms with Gasteiger partial charge in [-0.2, -0.15) is 0 Å². The zero-order valence-electron chi connectivity index (χ0n) is 7.61. The van der Waals surface area contributed by atoms with Crippen molar-refractivity contribution in [3.63, 3.8) is 0 Å². The van der Waals surface area contributed by atoms with E-state index in [2.05, 4.69) is 19.9 Å². The van der Waals surface area contributed by atoms with E-state index in [1.807, 2.05) is 0 Å². The number of nitrogens with zero attached hydrogens (tertiary/aromatic N) is 3. The number of imidazole rings is 1. The summed E-state index contributed by atoms with van der Waals surface area (Å²) in [4.78, 5) is 13.3. The first-order chi connectivity index (χ1) is 7.11. The molecule has 2 aromatic rings. The lowest BCUT2D eigenvalue weighted by Gasteiger charge is -1.91. The Morgan fingerprint density at radius 2 is 1.87 bits per heavy atom. The summed E-state index contributed by atoms with van der Waals surface area (Å²) >= 11 is 0. The van der Waals surface area contributed by atoms with Gasteiger partial charge in [-0.25, -0.2) is 28.5 Å². The molecule has 0 bridgehead atoms. The molecule has 0 aromatic carbocycles. The molecule has 0 aliphatic rings. The maximum absolute atomic E-state index is 10.5. The molecule has 2 rings (SSSR count). The van der Waals surface area contributed by atoms with E-state index in [4.69, 9.17) is 5.14 Å². The minimum absolute atomic E-state index is 0.352. The Morgan fingerprint density at radius 3 is 2.13 bits per heavy atom. The van der Waals surface area contributed by atoms with Gasteiger partial charge < -0.3 is 4.98 Å². The molecule has 0 atom stereocenters. The molecular weight excluding hydrogens is 218 g/mol. The van der Waals surface area contributed by atoms with Gasteiger partial charge in [-0.15, -0.1) is 0 Å². The fourth-order valence-corrected chi connectivity index (χ4v) is 1.06. The Kier molecular flexibility index (Phi) is 3.89. The Morgan fingerprint density at radius 1 is 1.20 bits per heavy atom. The monoisotopic (exact) mass is 227 g/mol. The summed E-state index contributed by atoms with van der Waals surface area (Å²) in [6.07, 6.45) is 7.71. The molecule has 80 valence electrons. The third-order valence-electron chi connectivity index (χ3n) is 1.20. The van der Waals surface area contributed by atoms with Crippen molar-refractivity contribution < 1.29 is 8.42 Å². The zero-order valence-corrected chi connectivity index (χ0v) is 8.42. The van der Waals surface area contributed by atoms with E-state index in [9.17, 15) is 8.42 Å². The van der Waals surface area contributed by atoms with Crippen molar-refractivity contribution in [1.29, 1.82) is 0 Å². The van der Waals surface area contributed by atoms with Crippen molar-refractivity contribution in [2.24, 2.45) is 5.14 Å². The fraction of sp³-hybridized carbons (Fsp3) is 0. The zero-order chi connectivity index (χ0) is 11.1. The van der Waals surface area contributed by atoms with E-state index in [1.165, 1.54) is 18.5 Å². The van der Waals surface area contributed by atoms with E-state index >= 15 is 0 Å². The van der Waals surface area contributed by atoms with Crippen LogP contribution in [0.15, 0.2) is 42.3 Å². The van der Waals surface area contributed by atoms with Gasteiger partial charge in [-0.05, 0) is 6.07 Å². The van der Waals surface area contributed by atoms with E-state index in [1.54, 1.807) is 18.7 Å². The van der Waals surface area contributed by atoms with Gasteiger partial charge in [0.25, 0.3) is 15.2 Å². The molecule has 0 aliphatic heterocycles. The summed E-state index contributed by atoms with van der Waals surface area (Å²) in [5, 5.41) is 4.35. The molecule has 0 radical (unpaired) electrons. The number of H-pyrrole nitrogens is 1. The Labute approximate surface area is 86.5 Å². The molecule has 0 spiro atoms. The number of aromatic nitrogens is 4. The predicted octanol–water partition coefficient (Wildman–Crippen LogP) is -0.466. The predicted molar refractivity (Wildman–Crippen MR) is 52.0 cm³/mol. The summed E-state index contributed by atoms with van der Waals surface area (Å²) in [6.45, 7) is 0. The highest BCUT2D eigenvalue weighted by Crippen LogP contribution is 1.92. The standard InChI is InChI=1S/C4H5N3O2S.C3H4N2/c5-10(8,9)4-6-2-1-3-7-4;1-2-5-3-4-1/h1-3H,(H2,5,8,9);1-3H,(H,4,5). The van der Waals surface area contributed by atoms with Crippen molar-refractivity contribution in [3.8, 4) is 0 Å². The highest BCUT2D eigenvalue weighted by Gasteiger charge is 2.08. The molecule has 0 saturated heterocycles. The van der Waals surface area contributed by atoms with Crippen LogP contribution in [0.5, 0.6) is 0 Å². The molecule has 0 unspecified atom stereocenters. The third-order valence-corrected chi connectivity index (χ3v) is 1.92. The van der Waals surface area contributed by atoms with Crippen LogP contribution in [0.1, 0.15) is 0 Å². The van der Waals surface area contributed by atoms with Gasteiger partial charge in [0.1, 0.15) is 0 Å². The average Bonchev–Trinajstić information content (AvgIpc) is 2.76. The van der Waals surface area contributed by atoms with Gasteiger partial charge in [0.05, 0.1) is 6.33 Å².